The maximum absolute atomic E-state index is 11.2. The van der Waals surface area contributed by atoms with Crippen LogP contribution in [0.25, 0.3) is 11.3 Å². The van der Waals surface area contributed by atoms with Crippen LogP contribution in [0.3, 0.4) is 0 Å². The molecule has 2 aromatic rings. The average Bonchev–Trinajstić information content (AvgIpc) is 3.01. The van der Waals surface area contributed by atoms with E-state index in [9.17, 15) is 4.55 Å². The molecule has 1 fully saturated rings. The number of epoxide rings is 1. The van der Waals surface area contributed by atoms with E-state index in [-0.39, 0.29) is 41.1 Å². The van der Waals surface area contributed by atoms with Crippen LogP contribution in [0.15, 0.2) is 40.9 Å². The molecule has 2 heterocycles. The molecule has 0 amide bonds. The van der Waals surface area contributed by atoms with Gasteiger partial charge in [-0.2, -0.15) is 0 Å². The molecule has 3 atom stereocenters. The van der Waals surface area contributed by atoms with E-state index < -0.39 is 11.2 Å². The summed E-state index contributed by atoms with van der Waals surface area (Å²) in [6, 6.07) is 11.6. The van der Waals surface area contributed by atoms with Crippen LogP contribution in [-0.2, 0) is 15.9 Å². The van der Waals surface area contributed by atoms with Crippen molar-refractivity contribution in [3.63, 3.8) is 0 Å². The van der Waals surface area contributed by atoms with Crippen molar-refractivity contribution >= 4 is 40.7 Å². The number of hydrogen-bond acceptors (Lipinski definition) is 4. The summed E-state index contributed by atoms with van der Waals surface area (Å²) in [5.74, 6) is 0.705. The molecule has 18 heavy (non-hydrogen) atoms. The van der Waals surface area contributed by atoms with E-state index in [1.807, 2.05) is 36.4 Å². The van der Waals surface area contributed by atoms with Crippen molar-refractivity contribution in [2.45, 2.75) is 11.5 Å². The summed E-state index contributed by atoms with van der Waals surface area (Å²) in [6.45, 7) is 0. The van der Waals surface area contributed by atoms with Gasteiger partial charge in [0.05, 0.1) is 6.26 Å². The molecule has 0 aliphatic carbocycles. The molecule has 90 valence electrons. The third-order valence-corrected chi connectivity index (χ3v) is 3.67. The molecule has 1 aliphatic rings. The number of benzene rings is 1. The van der Waals surface area contributed by atoms with Gasteiger partial charge in [0.1, 0.15) is 5.69 Å². The topological polar surface area (TPSA) is 61.6 Å². The first kappa shape index (κ1) is 14.1. The molecule has 1 aromatic carbocycles. The number of hydrogen-bond donors (Lipinski definition) is 0. The van der Waals surface area contributed by atoms with Gasteiger partial charge in [0.2, 0.25) is 5.44 Å². The van der Waals surface area contributed by atoms with E-state index in [0.29, 0.717) is 11.5 Å². The fourth-order valence-corrected chi connectivity index (χ4v) is 2.49. The Kier molecular flexibility index (Phi) is 4.53. The molecule has 0 bridgehead atoms. The van der Waals surface area contributed by atoms with E-state index in [1.165, 1.54) is 0 Å². The van der Waals surface area contributed by atoms with Crippen LogP contribution in [-0.4, -0.2) is 51.0 Å². The van der Waals surface area contributed by atoms with Gasteiger partial charge in [0, 0.05) is 11.6 Å². The SMILES string of the molecule is C[S+]([O-])C1OC1c1cc(-c2ccccc2)on1.[NaH]. The van der Waals surface area contributed by atoms with Crippen LogP contribution >= 0.6 is 0 Å². The van der Waals surface area contributed by atoms with Gasteiger partial charge in [0.25, 0.3) is 0 Å². The van der Waals surface area contributed by atoms with E-state index in [2.05, 4.69) is 5.16 Å². The Hall–Kier alpha value is -0.300. The summed E-state index contributed by atoms with van der Waals surface area (Å²) < 4.78 is 21.7. The first-order valence-electron chi connectivity index (χ1n) is 5.25. The Morgan fingerprint density at radius 1 is 1.28 bits per heavy atom. The molecular weight excluding hydrogens is 261 g/mol. The Morgan fingerprint density at radius 3 is 2.61 bits per heavy atom. The van der Waals surface area contributed by atoms with Gasteiger partial charge in [-0.3, -0.25) is 0 Å². The summed E-state index contributed by atoms with van der Waals surface area (Å²) in [5.41, 5.74) is 1.45. The maximum atomic E-state index is 11.2. The van der Waals surface area contributed by atoms with Crippen molar-refractivity contribution in [3.8, 4) is 11.3 Å². The van der Waals surface area contributed by atoms with Gasteiger partial charge in [0.15, 0.2) is 11.9 Å². The fourth-order valence-electron chi connectivity index (χ4n) is 1.72. The molecule has 3 unspecified atom stereocenters. The fraction of sp³-hybridized carbons (Fsp3) is 0.250. The number of ether oxygens (including phenoxy) is 1. The summed E-state index contributed by atoms with van der Waals surface area (Å²) in [5, 5.41) is 3.95. The molecule has 0 N–H and O–H groups in total. The van der Waals surface area contributed by atoms with Gasteiger partial charge < -0.3 is 13.8 Å². The minimum atomic E-state index is -0.976. The zero-order chi connectivity index (χ0) is 11.8. The van der Waals surface area contributed by atoms with Crippen molar-refractivity contribution in [2.24, 2.45) is 0 Å². The number of aromatic nitrogens is 1. The van der Waals surface area contributed by atoms with E-state index in [1.54, 1.807) is 6.26 Å². The second-order valence-electron chi connectivity index (χ2n) is 3.91. The Balaban J connectivity index is 0.00000120. The van der Waals surface area contributed by atoms with Gasteiger partial charge in [-0.1, -0.05) is 35.5 Å². The molecule has 0 saturated carbocycles. The predicted octanol–water partition coefficient (Wildman–Crippen LogP) is 1.47. The summed E-state index contributed by atoms with van der Waals surface area (Å²) in [4.78, 5) is 0. The summed E-state index contributed by atoms with van der Waals surface area (Å²) in [7, 11) is 0. The molecule has 1 aromatic heterocycles. The molecule has 0 radical (unpaired) electrons. The first-order chi connectivity index (χ1) is 8.25. The van der Waals surface area contributed by atoms with Crippen LogP contribution < -0.4 is 0 Å². The molecular formula is C12H12NNaO3S. The standard InChI is InChI=1S/C12H11NO3S.Na.H/c1-17(14)12-11(15-12)9-7-10(16-13-9)8-5-3-2-4-6-8;;/h2-7,11-12H,1H3;;. The van der Waals surface area contributed by atoms with E-state index >= 15 is 0 Å². The van der Waals surface area contributed by atoms with Gasteiger partial charge in [-0.25, -0.2) is 0 Å². The van der Waals surface area contributed by atoms with E-state index in [0.717, 1.165) is 5.56 Å². The van der Waals surface area contributed by atoms with Crippen molar-refractivity contribution in [3.05, 3.63) is 42.1 Å². The first-order valence-corrected chi connectivity index (χ1v) is 6.87. The molecule has 0 spiro atoms. The van der Waals surface area contributed by atoms with Crippen LogP contribution in [0.1, 0.15) is 11.8 Å². The predicted molar refractivity (Wildman–Crippen MR) is 70.8 cm³/mol. The van der Waals surface area contributed by atoms with Crippen molar-refractivity contribution in [1.29, 1.82) is 0 Å². The second-order valence-corrected chi connectivity index (χ2v) is 5.37. The Labute approximate surface area is 130 Å². The van der Waals surface area contributed by atoms with Crippen LogP contribution in [0.5, 0.6) is 0 Å². The quantitative estimate of drug-likeness (QED) is 0.482. The molecule has 1 aliphatic heterocycles. The van der Waals surface area contributed by atoms with Crippen molar-refractivity contribution in [1.82, 2.24) is 5.16 Å². The van der Waals surface area contributed by atoms with Crippen molar-refractivity contribution < 1.29 is 13.8 Å². The average molecular weight is 273 g/mol. The van der Waals surface area contributed by atoms with Crippen molar-refractivity contribution in [2.75, 3.05) is 6.26 Å². The zero-order valence-electron chi connectivity index (χ0n) is 9.20. The number of nitrogens with zero attached hydrogens (tertiary/aromatic N) is 1. The van der Waals surface area contributed by atoms with Gasteiger partial charge >= 0.3 is 29.6 Å². The Morgan fingerprint density at radius 2 is 2.00 bits per heavy atom. The van der Waals surface area contributed by atoms with Crippen LogP contribution in [0.2, 0.25) is 0 Å². The normalized spacial score (nSPS) is 23.2. The molecule has 6 heteroatoms. The van der Waals surface area contributed by atoms with Crippen LogP contribution in [0.4, 0.5) is 0 Å². The molecule has 4 nitrogen and oxygen atoms in total. The Bertz CT molecular complexity index is 517. The van der Waals surface area contributed by atoms with Gasteiger partial charge in [-0.15, -0.1) is 0 Å². The zero-order valence-corrected chi connectivity index (χ0v) is 10.0. The molecule has 1 saturated heterocycles. The molecule has 3 rings (SSSR count). The monoisotopic (exact) mass is 273 g/mol. The van der Waals surface area contributed by atoms with Gasteiger partial charge in [-0.05, 0) is 11.2 Å². The second kappa shape index (κ2) is 5.77. The minimum absolute atomic E-state index is 0. The summed E-state index contributed by atoms with van der Waals surface area (Å²) in [6.07, 6.45) is 1.45. The third kappa shape index (κ3) is 2.82. The van der Waals surface area contributed by atoms with Crippen LogP contribution in [0, 0.1) is 0 Å². The summed E-state index contributed by atoms with van der Waals surface area (Å²) >= 11 is -0.976. The number of rotatable bonds is 3. The van der Waals surface area contributed by atoms with E-state index in [4.69, 9.17) is 9.26 Å². The third-order valence-electron chi connectivity index (χ3n) is 2.66.